The molecule has 3 aromatic rings. The van der Waals surface area contributed by atoms with Gasteiger partial charge in [-0.3, -0.25) is 14.5 Å². The van der Waals surface area contributed by atoms with E-state index in [0.29, 0.717) is 41.8 Å². The number of carbonyl (C=O) groups excluding carboxylic acids is 2. The summed E-state index contributed by atoms with van der Waals surface area (Å²) in [7, 11) is 0. The normalized spacial score (nSPS) is 12.3. The molecule has 2 amide bonds. The minimum absolute atomic E-state index is 0.193. The summed E-state index contributed by atoms with van der Waals surface area (Å²) in [6.45, 7) is 11.5. The highest BCUT2D eigenvalue weighted by Gasteiger charge is 2.34. The number of aromatic nitrogens is 4. The van der Waals surface area contributed by atoms with E-state index >= 15 is 0 Å². The quantitative estimate of drug-likeness (QED) is 0.512. The molecule has 2 aromatic heterocycles. The second-order valence-corrected chi connectivity index (χ2v) is 8.90. The Morgan fingerprint density at radius 2 is 1.91 bits per heavy atom. The monoisotopic (exact) mass is 468 g/mol. The lowest BCUT2D eigenvalue weighted by atomic mass is 10.1. The maximum atomic E-state index is 13.8. The van der Waals surface area contributed by atoms with Crippen LogP contribution in [0.1, 0.15) is 46.8 Å². The number of benzene rings is 1. The third-order valence-electron chi connectivity index (χ3n) is 4.97. The third-order valence-corrected chi connectivity index (χ3v) is 4.97. The van der Waals surface area contributed by atoms with Crippen molar-refractivity contribution in [3.05, 3.63) is 42.2 Å². The summed E-state index contributed by atoms with van der Waals surface area (Å²) in [5.41, 5.74) is 0.0486. The molecule has 10 nitrogen and oxygen atoms in total. The van der Waals surface area contributed by atoms with E-state index in [2.05, 4.69) is 20.8 Å². The van der Waals surface area contributed by atoms with Crippen LogP contribution in [0.5, 0.6) is 5.75 Å². The number of ether oxygens (including phenoxy) is 1. The van der Waals surface area contributed by atoms with Gasteiger partial charge in [-0.1, -0.05) is 19.1 Å². The van der Waals surface area contributed by atoms with E-state index < -0.39 is 11.6 Å². The molecule has 1 aromatic carbocycles. The Bertz CT molecular complexity index is 1130. The highest BCUT2D eigenvalue weighted by atomic mass is 16.5. The van der Waals surface area contributed by atoms with Crippen LogP contribution in [0, 0.1) is 6.92 Å². The summed E-state index contributed by atoms with van der Waals surface area (Å²) in [5.74, 6) is 1.38. The van der Waals surface area contributed by atoms with Crippen molar-refractivity contribution >= 4 is 17.5 Å². The van der Waals surface area contributed by atoms with Crippen LogP contribution in [-0.4, -0.2) is 50.2 Å². The van der Waals surface area contributed by atoms with Gasteiger partial charge in [-0.05, 0) is 75.7 Å². The Morgan fingerprint density at radius 3 is 2.53 bits per heavy atom. The molecular weight excluding hydrogens is 436 g/mol. The Labute approximate surface area is 199 Å². The highest BCUT2D eigenvalue weighted by Crippen LogP contribution is 2.31. The van der Waals surface area contributed by atoms with Crippen molar-refractivity contribution in [1.82, 2.24) is 25.5 Å². The van der Waals surface area contributed by atoms with E-state index in [4.69, 9.17) is 9.15 Å². The van der Waals surface area contributed by atoms with Crippen molar-refractivity contribution in [2.24, 2.45) is 0 Å². The first-order valence-corrected chi connectivity index (χ1v) is 11.3. The van der Waals surface area contributed by atoms with Crippen LogP contribution < -0.4 is 15.0 Å². The fourth-order valence-electron chi connectivity index (χ4n) is 3.59. The van der Waals surface area contributed by atoms with Crippen molar-refractivity contribution < 1.29 is 18.7 Å². The number of hydrogen-bond donors (Lipinski definition) is 1. The first-order valence-electron chi connectivity index (χ1n) is 11.3. The Morgan fingerprint density at radius 1 is 1.18 bits per heavy atom. The fourth-order valence-corrected chi connectivity index (χ4v) is 3.59. The average molecular weight is 469 g/mol. The predicted octanol–water partition coefficient (Wildman–Crippen LogP) is 3.37. The number of aryl methyl sites for hydroxylation is 1. The fraction of sp³-hybridized carbons (Fsp3) is 0.458. The van der Waals surface area contributed by atoms with E-state index in [1.807, 2.05) is 47.6 Å². The molecule has 0 aliphatic rings. The van der Waals surface area contributed by atoms with Crippen molar-refractivity contribution in [2.75, 3.05) is 11.5 Å². The average Bonchev–Trinajstić information content (AvgIpc) is 3.40. The lowest BCUT2D eigenvalue weighted by Crippen LogP contribution is -2.54. The lowest BCUT2D eigenvalue weighted by molar-refractivity contribution is -0.127. The molecule has 1 N–H and O–H groups in total. The highest BCUT2D eigenvalue weighted by molar-refractivity contribution is 6.02. The summed E-state index contributed by atoms with van der Waals surface area (Å²) >= 11 is 0. The van der Waals surface area contributed by atoms with Crippen molar-refractivity contribution in [1.29, 1.82) is 0 Å². The molecule has 0 fully saturated rings. The van der Waals surface area contributed by atoms with Gasteiger partial charge >= 0.3 is 0 Å². The predicted molar refractivity (Wildman–Crippen MR) is 127 cm³/mol. The van der Waals surface area contributed by atoms with Crippen LogP contribution in [0.2, 0.25) is 0 Å². The van der Waals surface area contributed by atoms with Gasteiger partial charge in [-0.25, -0.2) is 4.68 Å². The Balaban J connectivity index is 2.01. The zero-order valence-corrected chi connectivity index (χ0v) is 20.5. The number of furan rings is 1. The van der Waals surface area contributed by atoms with Gasteiger partial charge in [0.15, 0.2) is 5.76 Å². The minimum Gasteiger partial charge on any atom is -0.492 e. The zero-order valence-electron chi connectivity index (χ0n) is 20.5. The maximum Gasteiger partial charge on any atom is 0.249 e. The van der Waals surface area contributed by atoms with E-state index in [-0.39, 0.29) is 18.4 Å². The number of para-hydroxylation sites is 2. The summed E-state index contributed by atoms with van der Waals surface area (Å²) in [5, 5.41) is 14.7. The van der Waals surface area contributed by atoms with Crippen molar-refractivity contribution in [3.8, 4) is 17.3 Å². The maximum absolute atomic E-state index is 13.8. The van der Waals surface area contributed by atoms with Gasteiger partial charge in [0.1, 0.15) is 24.1 Å². The molecule has 0 aliphatic heterocycles. The van der Waals surface area contributed by atoms with Crippen LogP contribution in [0.25, 0.3) is 11.6 Å². The second-order valence-electron chi connectivity index (χ2n) is 8.90. The zero-order chi connectivity index (χ0) is 24.9. The molecule has 1 atom stereocenters. The standard InChI is InChI=1S/C24H32N6O4/c1-7-17(23(32)25-24(4,5)6)30(18-11-9-10-12-19(18)33-8-2)21(31)15-29-22(26-27-28-29)20-14-13-16(3)34-20/h9-14,17H,7-8,15H2,1-6H3,(H,25,32)/t17-/m1/s1. The molecule has 34 heavy (non-hydrogen) atoms. The largest absolute Gasteiger partial charge is 0.492 e. The Hall–Kier alpha value is -3.69. The number of carbonyl (C=O) groups is 2. The van der Waals surface area contributed by atoms with Gasteiger partial charge in [0.25, 0.3) is 0 Å². The van der Waals surface area contributed by atoms with E-state index in [0.717, 1.165) is 0 Å². The smallest absolute Gasteiger partial charge is 0.249 e. The van der Waals surface area contributed by atoms with Crippen LogP contribution in [0.15, 0.2) is 40.8 Å². The van der Waals surface area contributed by atoms with Gasteiger partial charge in [-0.2, -0.15) is 0 Å². The molecule has 10 heteroatoms. The van der Waals surface area contributed by atoms with Crippen molar-refractivity contribution in [2.45, 2.75) is 66.1 Å². The van der Waals surface area contributed by atoms with E-state index in [1.165, 1.54) is 9.58 Å². The molecule has 0 bridgehead atoms. The molecule has 182 valence electrons. The molecule has 0 spiro atoms. The topological polar surface area (TPSA) is 115 Å². The van der Waals surface area contributed by atoms with Gasteiger partial charge in [0.2, 0.25) is 17.6 Å². The van der Waals surface area contributed by atoms with Gasteiger partial charge in [0.05, 0.1) is 12.3 Å². The summed E-state index contributed by atoms with van der Waals surface area (Å²) in [6, 6.07) is 9.96. The number of nitrogens with one attached hydrogen (secondary N) is 1. The van der Waals surface area contributed by atoms with Crippen LogP contribution in [0.3, 0.4) is 0 Å². The number of nitrogens with zero attached hydrogens (tertiary/aromatic N) is 5. The van der Waals surface area contributed by atoms with Crippen LogP contribution >= 0.6 is 0 Å². The number of anilines is 1. The number of tetrazole rings is 1. The number of rotatable bonds is 9. The van der Waals surface area contributed by atoms with Gasteiger partial charge < -0.3 is 14.5 Å². The van der Waals surface area contributed by atoms with Crippen molar-refractivity contribution in [3.63, 3.8) is 0 Å². The number of amides is 2. The second kappa shape index (κ2) is 10.5. The molecular formula is C24H32N6O4. The summed E-state index contributed by atoms with van der Waals surface area (Å²) in [6.07, 6.45) is 0.397. The SMILES string of the molecule is CCOc1ccccc1N(C(=O)Cn1nnnc1-c1ccc(C)o1)[C@H](CC)C(=O)NC(C)(C)C. The first-order chi connectivity index (χ1) is 16.1. The third kappa shape index (κ3) is 5.81. The number of hydrogen-bond acceptors (Lipinski definition) is 7. The molecule has 0 saturated heterocycles. The summed E-state index contributed by atoms with van der Waals surface area (Å²) in [4.78, 5) is 28.5. The molecule has 0 aliphatic carbocycles. The molecule has 2 heterocycles. The lowest BCUT2D eigenvalue weighted by Gasteiger charge is -2.33. The molecule has 0 unspecified atom stereocenters. The minimum atomic E-state index is -0.765. The molecule has 0 radical (unpaired) electrons. The summed E-state index contributed by atoms with van der Waals surface area (Å²) < 4.78 is 12.8. The van der Waals surface area contributed by atoms with E-state index in [9.17, 15) is 9.59 Å². The van der Waals surface area contributed by atoms with Gasteiger partial charge in [0, 0.05) is 5.54 Å². The van der Waals surface area contributed by atoms with E-state index in [1.54, 1.807) is 30.3 Å². The molecule has 3 rings (SSSR count). The molecule has 0 saturated carbocycles. The Kier molecular flexibility index (Phi) is 7.70. The first kappa shape index (κ1) is 24.9. The van der Waals surface area contributed by atoms with Gasteiger partial charge in [-0.15, -0.1) is 5.10 Å². The van der Waals surface area contributed by atoms with Crippen LogP contribution in [-0.2, 0) is 16.1 Å². The van der Waals surface area contributed by atoms with Crippen LogP contribution in [0.4, 0.5) is 5.69 Å².